The van der Waals surface area contributed by atoms with Crippen LogP contribution in [0.4, 0.5) is 0 Å². The van der Waals surface area contributed by atoms with Crippen LogP contribution < -0.4 is 5.32 Å². The molecule has 0 saturated heterocycles. The third-order valence-electron chi connectivity index (χ3n) is 3.70. The Hall–Kier alpha value is -2.13. The van der Waals surface area contributed by atoms with Gasteiger partial charge in [0.05, 0.1) is 18.6 Å². The summed E-state index contributed by atoms with van der Waals surface area (Å²) in [6.45, 7) is 3.84. The molecule has 2 atom stereocenters. The molecule has 2 rings (SSSR count). The van der Waals surface area contributed by atoms with Gasteiger partial charge >= 0.3 is 0 Å². The number of hydrogen-bond donors (Lipinski definition) is 2. The molecule has 0 bridgehead atoms. The number of carbonyl (C=O) groups is 1. The van der Waals surface area contributed by atoms with E-state index in [1.54, 1.807) is 0 Å². The standard InChI is InChI=1S/C19H23NO2/c1-14-7-6-10-17(11-14)13-19(22)20-15(2)18(21)12-16-8-4-3-5-9-16/h3-11,15,18,21H,12-13H2,1-2H3,(H,20,22). The summed E-state index contributed by atoms with van der Waals surface area (Å²) in [5.41, 5.74) is 3.19. The van der Waals surface area contributed by atoms with E-state index in [1.165, 1.54) is 0 Å². The summed E-state index contributed by atoms with van der Waals surface area (Å²) >= 11 is 0. The molecule has 0 fully saturated rings. The predicted molar refractivity (Wildman–Crippen MR) is 88.6 cm³/mol. The van der Waals surface area contributed by atoms with Crippen molar-refractivity contribution in [3.05, 3.63) is 71.3 Å². The highest BCUT2D eigenvalue weighted by Gasteiger charge is 2.17. The molecule has 0 heterocycles. The lowest BCUT2D eigenvalue weighted by molar-refractivity contribution is -0.121. The first kappa shape index (κ1) is 16.2. The van der Waals surface area contributed by atoms with E-state index in [9.17, 15) is 9.90 Å². The second kappa shape index (κ2) is 7.76. The number of rotatable bonds is 6. The Balaban J connectivity index is 1.85. The van der Waals surface area contributed by atoms with Crippen LogP contribution >= 0.6 is 0 Å². The third-order valence-corrected chi connectivity index (χ3v) is 3.70. The SMILES string of the molecule is Cc1cccc(CC(=O)NC(C)C(O)Cc2ccccc2)c1. The minimum atomic E-state index is -0.594. The Morgan fingerprint density at radius 3 is 2.45 bits per heavy atom. The topological polar surface area (TPSA) is 49.3 Å². The first-order valence-electron chi connectivity index (χ1n) is 7.61. The van der Waals surface area contributed by atoms with Gasteiger partial charge in [0.25, 0.3) is 0 Å². The molecule has 1 amide bonds. The van der Waals surface area contributed by atoms with Gasteiger partial charge in [-0.3, -0.25) is 4.79 Å². The summed E-state index contributed by atoms with van der Waals surface area (Å²) < 4.78 is 0. The lowest BCUT2D eigenvalue weighted by atomic mass is 10.0. The molecule has 0 aliphatic rings. The van der Waals surface area contributed by atoms with Crippen molar-refractivity contribution < 1.29 is 9.90 Å². The van der Waals surface area contributed by atoms with E-state index in [0.717, 1.165) is 16.7 Å². The minimum Gasteiger partial charge on any atom is -0.391 e. The molecule has 116 valence electrons. The quantitative estimate of drug-likeness (QED) is 0.861. The average molecular weight is 297 g/mol. The molecule has 2 unspecified atom stereocenters. The molecule has 0 saturated carbocycles. The van der Waals surface area contributed by atoms with E-state index in [2.05, 4.69) is 5.32 Å². The normalized spacial score (nSPS) is 13.4. The number of benzene rings is 2. The number of hydrogen-bond acceptors (Lipinski definition) is 2. The van der Waals surface area contributed by atoms with E-state index >= 15 is 0 Å². The largest absolute Gasteiger partial charge is 0.391 e. The van der Waals surface area contributed by atoms with Gasteiger partial charge in [-0.1, -0.05) is 60.2 Å². The molecule has 0 aliphatic carbocycles. The Morgan fingerprint density at radius 1 is 1.09 bits per heavy atom. The molecular weight excluding hydrogens is 274 g/mol. The molecule has 0 aromatic heterocycles. The van der Waals surface area contributed by atoms with Crippen LogP contribution in [0.5, 0.6) is 0 Å². The van der Waals surface area contributed by atoms with Crippen LogP contribution in [0.2, 0.25) is 0 Å². The fourth-order valence-corrected chi connectivity index (χ4v) is 2.44. The minimum absolute atomic E-state index is 0.0646. The highest BCUT2D eigenvalue weighted by Crippen LogP contribution is 2.08. The maximum absolute atomic E-state index is 12.1. The van der Waals surface area contributed by atoms with Gasteiger partial charge in [0.1, 0.15) is 0 Å². The van der Waals surface area contributed by atoms with E-state index < -0.39 is 6.10 Å². The smallest absolute Gasteiger partial charge is 0.224 e. The molecule has 0 aliphatic heterocycles. The lowest BCUT2D eigenvalue weighted by Gasteiger charge is -2.20. The first-order chi connectivity index (χ1) is 10.5. The van der Waals surface area contributed by atoms with Crippen molar-refractivity contribution in [1.29, 1.82) is 0 Å². The van der Waals surface area contributed by atoms with E-state index in [0.29, 0.717) is 12.8 Å². The van der Waals surface area contributed by atoms with Gasteiger partial charge in [-0.25, -0.2) is 0 Å². The van der Waals surface area contributed by atoms with Crippen LogP contribution in [0.1, 0.15) is 23.6 Å². The van der Waals surface area contributed by atoms with Gasteiger partial charge in [0, 0.05) is 6.42 Å². The predicted octanol–water partition coefficient (Wildman–Crippen LogP) is 2.65. The molecule has 3 nitrogen and oxygen atoms in total. The second-order valence-corrected chi connectivity index (χ2v) is 5.78. The van der Waals surface area contributed by atoms with Crippen LogP contribution in [0.3, 0.4) is 0 Å². The van der Waals surface area contributed by atoms with Crippen molar-refractivity contribution in [2.75, 3.05) is 0 Å². The fraction of sp³-hybridized carbons (Fsp3) is 0.316. The fourth-order valence-electron chi connectivity index (χ4n) is 2.44. The van der Waals surface area contributed by atoms with E-state index in [4.69, 9.17) is 0 Å². The van der Waals surface area contributed by atoms with Crippen molar-refractivity contribution in [3.8, 4) is 0 Å². The number of carbonyl (C=O) groups excluding carboxylic acids is 1. The van der Waals surface area contributed by atoms with Crippen LogP contribution in [-0.4, -0.2) is 23.2 Å². The third kappa shape index (κ3) is 5.01. The van der Waals surface area contributed by atoms with Gasteiger partial charge in [0.15, 0.2) is 0 Å². The molecule has 2 aromatic rings. The van der Waals surface area contributed by atoms with Gasteiger partial charge in [-0.2, -0.15) is 0 Å². The molecular formula is C19H23NO2. The zero-order valence-electron chi connectivity index (χ0n) is 13.1. The number of aliphatic hydroxyl groups is 1. The Morgan fingerprint density at radius 2 is 1.77 bits per heavy atom. The maximum Gasteiger partial charge on any atom is 0.224 e. The summed E-state index contributed by atoms with van der Waals surface area (Å²) in [5.74, 6) is -0.0646. The second-order valence-electron chi connectivity index (χ2n) is 5.78. The van der Waals surface area contributed by atoms with Gasteiger partial charge in [-0.15, -0.1) is 0 Å². The average Bonchev–Trinajstić information content (AvgIpc) is 2.48. The molecule has 2 N–H and O–H groups in total. The van der Waals surface area contributed by atoms with Crippen molar-refractivity contribution >= 4 is 5.91 Å². The van der Waals surface area contributed by atoms with Gasteiger partial charge in [-0.05, 0) is 25.0 Å². The van der Waals surface area contributed by atoms with Gasteiger partial charge in [0.2, 0.25) is 5.91 Å². The van der Waals surface area contributed by atoms with Gasteiger partial charge < -0.3 is 10.4 Å². The Labute approximate surface area is 132 Å². The molecule has 0 spiro atoms. The summed E-state index contributed by atoms with van der Waals surface area (Å²) in [7, 11) is 0. The number of aliphatic hydroxyl groups excluding tert-OH is 1. The van der Waals surface area contributed by atoms with Crippen LogP contribution in [0, 0.1) is 6.92 Å². The highest BCUT2D eigenvalue weighted by molar-refractivity contribution is 5.78. The summed E-state index contributed by atoms with van der Waals surface area (Å²) in [4.78, 5) is 12.1. The monoisotopic (exact) mass is 297 g/mol. The van der Waals surface area contributed by atoms with Crippen molar-refractivity contribution in [2.45, 2.75) is 38.8 Å². The molecule has 0 radical (unpaired) electrons. The first-order valence-corrected chi connectivity index (χ1v) is 7.61. The number of nitrogens with one attached hydrogen (secondary N) is 1. The van der Waals surface area contributed by atoms with Crippen molar-refractivity contribution in [1.82, 2.24) is 5.32 Å². The van der Waals surface area contributed by atoms with Crippen LogP contribution in [0.25, 0.3) is 0 Å². The summed E-state index contributed by atoms with van der Waals surface area (Å²) in [6, 6.07) is 17.4. The summed E-state index contributed by atoms with van der Waals surface area (Å²) in [5, 5.41) is 13.1. The highest BCUT2D eigenvalue weighted by atomic mass is 16.3. The van der Waals surface area contributed by atoms with E-state index in [1.807, 2.05) is 68.4 Å². The van der Waals surface area contributed by atoms with Crippen LogP contribution in [-0.2, 0) is 17.6 Å². The van der Waals surface area contributed by atoms with Crippen LogP contribution in [0.15, 0.2) is 54.6 Å². The zero-order valence-corrected chi connectivity index (χ0v) is 13.1. The zero-order chi connectivity index (χ0) is 15.9. The number of amides is 1. The molecule has 22 heavy (non-hydrogen) atoms. The summed E-state index contributed by atoms with van der Waals surface area (Å²) in [6.07, 6.45) is 0.278. The van der Waals surface area contributed by atoms with Crippen molar-refractivity contribution in [2.24, 2.45) is 0 Å². The van der Waals surface area contributed by atoms with E-state index in [-0.39, 0.29) is 11.9 Å². The molecule has 3 heteroatoms. The Bertz CT molecular complexity index is 610. The van der Waals surface area contributed by atoms with Crippen molar-refractivity contribution in [3.63, 3.8) is 0 Å². The maximum atomic E-state index is 12.1. The lowest BCUT2D eigenvalue weighted by Crippen LogP contribution is -2.42. The number of aryl methyl sites for hydroxylation is 1. The Kier molecular flexibility index (Phi) is 5.73. The molecule has 2 aromatic carbocycles.